The van der Waals surface area contributed by atoms with Gasteiger partial charge < -0.3 is 0 Å². The van der Waals surface area contributed by atoms with E-state index in [-0.39, 0.29) is 16.7 Å². The molecule has 5 rings (SSSR count). The Kier molecular flexibility index (Phi) is 6.19. The van der Waals surface area contributed by atoms with Crippen molar-refractivity contribution in [1.82, 2.24) is 0 Å². The molecule has 0 saturated carbocycles. The van der Waals surface area contributed by atoms with Crippen LogP contribution < -0.4 is 4.90 Å². The molecule has 0 unspecified atom stereocenters. The summed E-state index contributed by atoms with van der Waals surface area (Å²) in [5, 5.41) is 11.3. The van der Waals surface area contributed by atoms with Gasteiger partial charge in [-0.05, 0) is 58.1 Å². The van der Waals surface area contributed by atoms with E-state index in [4.69, 9.17) is 0 Å². The number of carbonyl (C=O) groups is 2. The van der Waals surface area contributed by atoms with E-state index in [9.17, 15) is 19.7 Å². The maximum absolute atomic E-state index is 11.5. The summed E-state index contributed by atoms with van der Waals surface area (Å²) in [7, 11) is 0. The van der Waals surface area contributed by atoms with Crippen LogP contribution in [0.15, 0.2) is 71.2 Å². The van der Waals surface area contributed by atoms with Crippen LogP contribution in [-0.2, 0) is 16.0 Å². The monoisotopic (exact) mass is 492 g/mol. The number of benzene rings is 3. The lowest BCUT2D eigenvalue weighted by atomic mass is 9.83. The predicted octanol–water partition coefficient (Wildman–Crippen LogP) is 5.37. The Morgan fingerprint density at radius 1 is 0.906 bits per heavy atom. The second kappa shape index (κ2) is 9.04. The van der Waals surface area contributed by atoms with Gasteiger partial charge >= 0.3 is 0 Å². The number of imide groups is 1. The molecule has 2 aliphatic rings. The van der Waals surface area contributed by atoms with Crippen molar-refractivity contribution in [3.8, 4) is 0 Å². The van der Waals surface area contributed by atoms with E-state index in [1.807, 2.05) is 67.6 Å². The second-order valence-corrected chi connectivity index (χ2v) is 8.69. The summed E-state index contributed by atoms with van der Waals surface area (Å²) in [6.45, 7) is 1.96. The van der Waals surface area contributed by atoms with E-state index in [0.717, 1.165) is 38.7 Å². The fourth-order valence-electron chi connectivity index (χ4n) is 4.16. The molecule has 1 saturated heterocycles. The third-order valence-electron chi connectivity index (χ3n) is 5.69. The number of hydrogen-bond acceptors (Lipinski definition) is 4. The predicted molar refractivity (Wildman–Crippen MR) is 125 cm³/mol. The number of aryl methyl sites for hydroxylation is 1. The van der Waals surface area contributed by atoms with Crippen molar-refractivity contribution in [3.63, 3.8) is 0 Å². The van der Waals surface area contributed by atoms with Crippen LogP contribution in [0.25, 0.3) is 0 Å². The maximum atomic E-state index is 11.5. The molecule has 32 heavy (non-hydrogen) atoms. The van der Waals surface area contributed by atoms with E-state index in [1.165, 1.54) is 4.90 Å². The molecule has 162 valence electrons. The first-order chi connectivity index (χ1) is 15.4. The first-order valence-corrected chi connectivity index (χ1v) is 11.1. The number of halogens is 1. The zero-order chi connectivity index (χ0) is 22.8. The van der Waals surface area contributed by atoms with Gasteiger partial charge in [-0.1, -0.05) is 54.6 Å². The van der Waals surface area contributed by atoms with Gasteiger partial charge in [0.15, 0.2) is 0 Å². The topological polar surface area (TPSA) is 80.5 Å². The summed E-state index contributed by atoms with van der Waals surface area (Å²) < 4.78 is 0.783. The van der Waals surface area contributed by atoms with Crippen LogP contribution in [-0.4, -0.2) is 16.7 Å². The summed E-state index contributed by atoms with van der Waals surface area (Å²) >= 11 is 3.37. The lowest BCUT2D eigenvalue weighted by Crippen LogP contribution is -2.28. The average Bonchev–Trinajstić information content (AvgIpc) is 3.10. The molecule has 0 bridgehead atoms. The quantitative estimate of drug-likeness (QED) is 0.273. The molecule has 0 N–H and O–H groups in total. The molecule has 3 aromatic carbocycles. The molecule has 3 aromatic rings. The van der Waals surface area contributed by atoms with Crippen molar-refractivity contribution in [3.05, 3.63) is 109 Å². The maximum Gasteiger partial charge on any atom is 0.263 e. The van der Waals surface area contributed by atoms with Gasteiger partial charge in [0.05, 0.1) is 5.69 Å². The zero-order valence-electron chi connectivity index (χ0n) is 17.5. The average molecular weight is 493 g/mol. The Balaban J connectivity index is 0.000000155. The summed E-state index contributed by atoms with van der Waals surface area (Å²) in [6, 6.07) is 20.1. The highest BCUT2D eigenvalue weighted by Gasteiger charge is 2.33. The van der Waals surface area contributed by atoms with Crippen molar-refractivity contribution >= 4 is 33.4 Å². The van der Waals surface area contributed by atoms with Crippen LogP contribution in [0.3, 0.4) is 0 Å². The lowest BCUT2D eigenvalue weighted by molar-refractivity contribution is -0.517. The highest BCUT2D eigenvalue weighted by molar-refractivity contribution is 9.10. The van der Waals surface area contributed by atoms with Crippen molar-refractivity contribution < 1.29 is 14.5 Å². The first-order valence-electron chi connectivity index (χ1n) is 10.3. The Bertz CT molecular complexity index is 1160. The summed E-state index contributed by atoms with van der Waals surface area (Å²) in [5.74, 6) is -0.242. The van der Waals surface area contributed by atoms with Crippen molar-refractivity contribution in [1.29, 1.82) is 0 Å². The third-order valence-corrected chi connectivity index (χ3v) is 6.32. The van der Waals surface area contributed by atoms with Gasteiger partial charge in [-0.3, -0.25) is 19.7 Å². The fraction of sp³-hybridized carbons (Fsp3) is 0.200. The smallest absolute Gasteiger partial charge is 0.263 e. The number of amides is 2. The van der Waals surface area contributed by atoms with Crippen LogP contribution in [0.5, 0.6) is 0 Å². The Hall–Kier alpha value is -3.32. The van der Waals surface area contributed by atoms with E-state index in [2.05, 4.69) is 15.9 Å². The first kappa shape index (κ1) is 21.9. The standard InChI is InChI=1S/C14H11NO2.C11H10BrNO2/c16-15(17)14-12-7-3-1-5-10(12)9-11-6-2-4-8-13(11)14;1-7-2-3-9(8(12)6-7)13-10(14)4-5-11(13)15/h1-8,14H,9H2;2-3,6H,4-5H2,1H3. The van der Waals surface area contributed by atoms with E-state index in [1.54, 1.807) is 6.07 Å². The number of hydrogen-bond donors (Lipinski definition) is 0. The van der Waals surface area contributed by atoms with Gasteiger partial charge in [-0.15, -0.1) is 0 Å². The van der Waals surface area contributed by atoms with Crippen LogP contribution >= 0.6 is 15.9 Å². The van der Waals surface area contributed by atoms with Crippen LogP contribution in [0.4, 0.5) is 5.69 Å². The molecule has 1 aliphatic carbocycles. The zero-order valence-corrected chi connectivity index (χ0v) is 19.0. The second-order valence-electron chi connectivity index (χ2n) is 7.84. The molecule has 7 heteroatoms. The summed E-state index contributed by atoms with van der Waals surface area (Å²) in [5.41, 5.74) is 5.52. The molecular formula is C25H21BrN2O4. The van der Waals surface area contributed by atoms with Crippen molar-refractivity contribution in [2.24, 2.45) is 0 Å². The SMILES string of the molecule is Cc1ccc(N2C(=O)CCC2=O)c(Br)c1.O=[N+]([O-])C1c2ccccc2Cc2ccccc21. The molecule has 1 aliphatic heterocycles. The number of carbonyl (C=O) groups excluding carboxylic acids is 2. The largest absolute Gasteiger partial charge is 0.274 e. The van der Waals surface area contributed by atoms with E-state index in [0.29, 0.717) is 18.5 Å². The van der Waals surface area contributed by atoms with Gasteiger partial charge in [0, 0.05) is 33.4 Å². The molecular weight excluding hydrogens is 472 g/mol. The molecule has 0 aromatic heterocycles. The fourth-order valence-corrected chi connectivity index (χ4v) is 4.83. The Morgan fingerprint density at radius 3 is 1.94 bits per heavy atom. The van der Waals surface area contributed by atoms with Crippen LogP contribution in [0.2, 0.25) is 0 Å². The molecule has 0 radical (unpaired) electrons. The number of rotatable bonds is 2. The van der Waals surface area contributed by atoms with Gasteiger partial charge in [-0.2, -0.15) is 0 Å². The molecule has 2 amide bonds. The highest BCUT2D eigenvalue weighted by atomic mass is 79.9. The minimum Gasteiger partial charge on any atom is -0.274 e. The minimum absolute atomic E-state index is 0.121. The third kappa shape index (κ3) is 4.21. The van der Waals surface area contributed by atoms with Gasteiger partial charge in [0.2, 0.25) is 11.8 Å². The number of fused-ring (bicyclic) bond motifs is 2. The normalized spacial score (nSPS) is 15.0. The molecule has 0 atom stereocenters. The van der Waals surface area contributed by atoms with Crippen molar-refractivity contribution in [2.75, 3.05) is 4.90 Å². The molecule has 6 nitrogen and oxygen atoms in total. The number of anilines is 1. The van der Waals surface area contributed by atoms with Crippen LogP contribution in [0.1, 0.15) is 46.7 Å². The van der Waals surface area contributed by atoms with Crippen LogP contribution in [0, 0.1) is 17.0 Å². The molecule has 1 heterocycles. The minimum atomic E-state index is -0.712. The summed E-state index contributed by atoms with van der Waals surface area (Å²) in [4.78, 5) is 35.4. The molecule has 0 spiro atoms. The number of nitrogens with zero attached hydrogens (tertiary/aromatic N) is 2. The van der Waals surface area contributed by atoms with Crippen molar-refractivity contribution in [2.45, 2.75) is 32.2 Å². The van der Waals surface area contributed by atoms with Gasteiger partial charge in [0.1, 0.15) is 0 Å². The van der Waals surface area contributed by atoms with Gasteiger partial charge in [0.25, 0.3) is 6.04 Å². The lowest BCUT2D eigenvalue weighted by Gasteiger charge is -2.22. The Morgan fingerprint density at radius 2 is 1.44 bits per heavy atom. The van der Waals surface area contributed by atoms with E-state index < -0.39 is 6.04 Å². The molecule has 1 fully saturated rings. The van der Waals surface area contributed by atoms with Gasteiger partial charge in [-0.25, -0.2) is 4.90 Å². The highest BCUT2D eigenvalue weighted by Crippen LogP contribution is 2.36. The summed E-state index contributed by atoms with van der Waals surface area (Å²) in [6.07, 6.45) is 1.43. The number of nitro groups is 1. The Labute approximate surface area is 194 Å². The van der Waals surface area contributed by atoms with E-state index >= 15 is 0 Å².